The van der Waals surface area contributed by atoms with Crippen LogP contribution < -0.4 is 11.1 Å². The Morgan fingerprint density at radius 3 is 2.16 bits per heavy atom. The van der Waals surface area contributed by atoms with Gasteiger partial charge in [0.15, 0.2) is 6.17 Å². The van der Waals surface area contributed by atoms with Gasteiger partial charge in [-0.2, -0.15) is 5.10 Å². The van der Waals surface area contributed by atoms with Crippen LogP contribution in [0.15, 0.2) is 30.3 Å². The number of rotatable bonds is 4. The lowest BCUT2D eigenvalue weighted by Gasteiger charge is -2.43. The molecule has 0 bridgehead atoms. The molecule has 4 rings (SSSR count). The Morgan fingerprint density at radius 2 is 1.59 bits per heavy atom. The van der Waals surface area contributed by atoms with Crippen LogP contribution in [-0.4, -0.2) is 68.6 Å². The number of amides is 3. The van der Waals surface area contributed by atoms with Crippen molar-refractivity contribution in [1.29, 1.82) is 0 Å². The van der Waals surface area contributed by atoms with Gasteiger partial charge in [0.1, 0.15) is 11.5 Å². The van der Waals surface area contributed by atoms with Crippen molar-refractivity contribution in [3.8, 4) is 0 Å². The zero-order valence-corrected chi connectivity index (χ0v) is 22.0. The molecule has 2 aliphatic rings. The molecule has 0 spiro atoms. The fourth-order valence-corrected chi connectivity index (χ4v) is 5.01. The van der Waals surface area contributed by atoms with Gasteiger partial charge >= 0.3 is 0 Å². The van der Waals surface area contributed by atoms with E-state index in [-0.39, 0.29) is 29.0 Å². The summed E-state index contributed by atoms with van der Waals surface area (Å²) < 4.78 is 15.0. The van der Waals surface area contributed by atoms with E-state index in [0.29, 0.717) is 25.2 Å². The topological polar surface area (TPSA) is 114 Å². The summed E-state index contributed by atoms with van der Waals surface area (Å²) in [5.41, 5.74) is 7.13. The SMILES string of the molecule is Cn1nc(C(C)(C)C)cc1C(=O)N1CCCN(C(=O)c2ccc(F)cc2)C1C(=O)NC1CCC(N)CC1. The summed E-state index contributed by atoms with van der Waals surface area (Å²) in [6.07, 6.45) is 2.47. The first kappa shape index (κ1) is 26.8. The molecule has 1 aromatic heterocycles. The minimum Gasteiger partial charge on any atom is -0.350 e. The molecule has 10 heteroatoms. The van der Waals surface area contributed by atoms with Gasteiger partial charge < -0.3 is 20.9 Å². The largest absolute Gasteiger partial charge is 0.350 e. The van der Waals surface area contributed by atoms with Crippen molar-refractivity contribution in [2.24, 2.45) is 12.8 Å². The van der Waals surface area contributed by atoms with E-state index in [0.717, 1.165) is 31.4 Å². The van der Waals surface area contributed by atoms with Gasteiger partial charge in [0, 0.05) is 43.2 Å². The predicted molar refractivity (Wildman–Crippen MR) is 137 cm³/mol. The molecular weight excluding hydrogens is 475 g/mol. The number of hydrogen-bond donors (Lipinski definition) is 2. The highest BCUT2D eigenvalue weighted by Gasteiger charge is 2.42. The van der Waals surface area contributed by atoms with Crippen molar-refractivity contribution >= 4 is 17.7 Å². The molecule has 200 valence electrons. The highest BCUT2D eigenvalue weighted by molar-refractivity contribution is 6.01. The Hall–Kier alpha value is -3.27. The van der Waals surface area contributed by atoms with E-state index in [2.05, 4.69) is 10.4 Å². The average molecular weight is 513 g/mol. The molecule has 1 saturated carbocycles. The lowest BCUT2D eigenvalue weighted by Crippen LogP contribution is -2.64. The van der Waals surface area contributed by atoms with Gasteiger partial charge in [0.2, 0.25) is 0 Å². The number of aryl methyl sites for hydroxylation is 1. The van der Waals surface area contributed by atoms with Crippen molar-refractivity contribution in [1.82, 2.24) is 24.9 Å². The first-order chi connectivity index (χ1) is 17.5. The minimum atomic E-state index is -1.14. The van der Waals surface area contributed by atoms with Gasteiger partial charge in [0.25, 0.3) is 17.7 Å². The number of aromatic nitrogens is 2. The highest BCUT2D eigenvalue weighted by Crippen LogP contribution is 2.26. The van der Waals surface area contributed by atoms with Gasteiger partial charge in [0.05, 0.1) is 5.69 Å². The molecule has 37 heavy (non-hydrogen) atoms. The van der Waals surface area contributed by atoms with Crippen LogP contribution in [0.1, 0.15) is 79.4 Å². The first-order valence-electron chi connectivity index (χ1n) is 12.9. The standard InChI is InChI=1S/C27H37FN6O3/c1-27(2,3)22-16-21(32(4)31-22)26(37)34-15-5-14-33(25(36)17-6-8-18(28)9-7-17)24(34)23(35)30-20-12-10-19(29)11-13-20/h6-9,16,19-20,24H,5,10-15,29H2,1-4H3,(H,30,35). The third-order valence-corrected chi connectivity index (χ3v) is 7.22. The summed E-state index contributed by atoms with van der Waals surface area (Å²) in [7, 11) is 1.70. The van der Waals surface area contributed by atoms with E-state index >= 15 is 0 Å². The average Bonchev–Trinajstić information content (AvgIpc) is 3.26. The van der Waals surface area contributed by atoms with Gasteiger partial charge in [-0.25, -0.2) is 4.39 Å². The third-order valence-electron chi connectivity index (χ3n) is 7.22. The van der Waals surface area contributed by atoms with Crippen molar-refractivity contribution in [2.75, 3.05) is 13.1 Å². The summed E-state index contributed by atoms with van der Waals surface area (Å²) in [6, 6.07) is 7.02. The second kappa shape index (κ2) is 10.6. The number of halogens is 1. The Morgan fingerprint density at radius 1 is 1.00 bits per heavy atom. The van der Waals surface area contributed by atoms with Crippen molar-refractivity contribution < 1.29 is 18.8 Å². The zero-order valence-electron chi connectivity index (χ0n) is 22.0. The van der Waals surface area contributed by atoms with Gasteiger partial charge in [-0.3, -0.25) is 19.1 Å². The van der Waals surface area contributed by atoms with E-state index in [4.69, 9.17) is 5.73 Å². The van der Waals surface area contributed by atoms with Crippen LogP contribution in [-0.2, 0) is 17.3 Å². The summed E-state index contributed by atoms with van der Waals surface area (Å²) in [5, 5.41) is 7.59. The number of hydrogen-bond acceptors (Lipinski definition) is 5. The second-order valence-corrected chi connectivity index (χ2v) is 11.1. The molecule has 3 amide bonds. The molecule has 0 radical (unpaired) electrons. The van der Waals surface area contributed by atoms with Gasteiger partial charge in [-0.15, -0.1) is 0 Å². The molecule has 9 nitrogen and oxygen atoms in total. The fraction of sp³-hybridized carbons (Fsp3) is 0.556. The van der Waals surface area contributed by atoms with Crippen LogP contribution in [0.2, 0.25) is 0 Å². The quantitative estimate of drug-likeness (QED) is 0.654. The lowest BCUT2D eigenvalue weighted by atomic mass is 9.91. The second-order valence-electron chi connectivity index (χ2n) is 11.1. The van der Waals surface area contributed by atoms with Crippen LogP contribution >= 0.6 is 0 Å². The van der Waals surface area contributed by atoms with Gasteiger partial charge in [-0.1, -0.05) is 20.8 Å². The van der Waals surface area contributed by atoms with Crippen LogP contribution in [0.3, 0.4) is 0 Å². The molecular formula is C27H37FN6O3. The van der Waals surface area contributed by atoms with Crippen molar-refractivity contribution in [3.63, 3.8) is 0 Å². The van der Waals surface area contributed by atoms with E-state index in [9.17, 15) is 18.8 Å². The highest BCUT2D eigenvalue weighted by atomic mass is 19.1. The first-order valence-corrected chi connectivity index (χ1v) is 12.9. The lowest BCUT2D eigenvalue weighted by molar-refractivity contribution is -0.133. The smallest absolute Gasteiger partial charge is 0.274 e. The molecule has 1 aromatic carbocycles. The number of nitrogens with zero attached hydrogens (tertiary/aromatic N) is 4. The molecule has 1 saturated heterocycles. The third kappa shape index (κ3) is 5.84. The maximum Gasteiger partial charge on any atom is 0.274 e. The number of nitrogens with one attached hydrogen (secondary N) is 1. The summed E-state index contributed by atoms with van der Waals surface area (Å²) >= 11 is 0. The van der Waals surface area contributed by atoms with Crippen LogP contribution in [0.25, 0.3) is 0 Å². The molecule has 1 aliphatic heterocycles. The van der Waals surface area contributed by atoms with E-state index in [1.165, 1.54) is 38.7 Å². The van der Waals surface area contributed by atoms with E-state index in [1.54, 1.807) is 13.1 Å². The normalized spacial score (nSPS) is 22.6. The zero-order chi connectivity index (χ0) is 26.9. The maximum absolute atomic E-state index is 13.8. The van der Waals surface area contributed by atoms with E-state index in [1.807, 2.05) is 20.8 Å². The molecule has 2 aromatic rings. The molecule has 3 N–H and O–H groups in total. The monoisotopic (exact) mass is 512 g/mol. The summed E-state index contributed by atoms with van der Waals surface area (Å²) in [6.45, 7) is 6.65. The molecule has 2 heterocycles. The van der Waals surface area contributed by atoms with E-state index < -0.39 is 23.8 Å². The number of nitrogens with two attached hydrogens (primary N) is 1. The predicted octanol–water partition coefficient (Wildman–Crippen LogP) is 2.56. The van der Waals surface area contributed by atoms with Gasteiger partial charge in [-0.05, 0) is 62.4 Å². The van der Waals surface area contributed by atoms with Crippen LogP contribution in [0, 0.1) is 5.82 Å². The number of carbonyl (C=O) groups excluding carboxylic acids is 3. The molecule has 1 aliphatic carbocycles. The van der Waals surface area contributed by atoms with Crippen LogP contribution in [0.5, 0.6) is 0 Å². The Kier molecular flexibility index (Phi) is 7.68. The fourth-order valence-electron chi connectivity index (χ4n) is 5.01. The minimum absolute atomic E-state index is 0.0712. The maximum atomic E-state index is 13.8. The number of carbonyl (C=O) groups is 3. The number of benzene rings is 1. The van der Waals surface area contributed by atoms with Crippen molar-refractivity contribution in [2.45, 2.75) is 76.5 Å². The Labute approximate surface area is 217 Å². The molecule has 1 atom stereocenters. The van der Waals surface area contributed by atoms with Crippen molar-refractivity contribution in [3.05, 3.63) is 53.1 Å². The Bertz CT molecular complexity index is 1150. The molecule has 1 unspecified atom stereocenters. The Balaban J connectivity index is 1.66. The summed E-state index contributed by atoms with van der Waals surface area (Å²) in [5.74, 6) is -1.65. The molecule has 2 fully saturated rings. The summed E-state index contributed by atoms with van der Waals surface area (Å²) in [4.78, 5) is 44.0. The van der Waals surface area contributed by atoms with Crippen LogP contribution in [0.4, 0.5) is 4.39 Å².